The summed E-state index contributed by atoms with van der Waals surface area (Å²) in [5.41, 5.74) is 1.35. The summed E-state index contributed by atoms with van der Waals surface area (Å²) in [5.74, 6) is -0.556. The first-order valence-electron chi connectivity index (χ1n) is 11.0. The first kappa shape index (κ1) is 25.8. The summed E-state index contributed by atoms with van der Waals surface area (Å²) >= 11 is 0. The average molecular weight is 497 g/mol. The SMILES string of the molecule is CCOC(=O)C(C)NC(=O)c1cccc(S(=O)(=O)N(Cc2ccccc2)c2ccc(OC)cc2)c1. The first-order valence-corrected chi connectivity index (χ1v) is 12.5. The quantitative estimate of drug-likeness (QED) is 0.429. The number of hydrogen-bond acceptors (Lipinski definition) is 6. The number of amides is 1. The molecule has 0 spiro atoms. The Morgan fingerprint density at radius 1 is 0.971 bits per heavy atom. The van der Waals surface area contributed by atoms with Crippen molar-refractivity contribution < 1.29 is 27.5 Å². The first-order chi connectivity index (χ1) is 16.8. The number of esters is 1. The molecule has 1 unspecified atom stereocenters. The van der Waals surface area contributed by atoms with E-state index in [1.54, 1.807) is 31.2 Å². The van der Waals surface area contributed by atoms with Crippen LogP contribution in [0.1, 0.15) is 29.8 Å². The maximum Gasteiger partial charge on any atom is 0.328 e. The van der Waals surface area contributed by atoms with Crippen molar-refractivity contribution in [2.24, 2.45) is 0 Å². The number of anilines is 1. The highest BCUT2D eigenvalue weighted by Gasteiger charge is 2.27. The lowest BCUT2D eigenvalue weighted by Gasteiger charge is -2.25. The van der Waals surface area contributed by atoms with Gasteiger partial charge in [-0.2, -0.15) is 0 Å². The van der Waals surface area contributed by atoms with E-state index in [0.29, 0.717) is 11.4 Å². The molecule has 0 heterocycles. The number of hydrogen-bond donors (Lipinski definition) is 1. The van der Waals surface area contributed by atoms with Gasteiger partial charge in [-0.3, -0.25) is 9.10 Å². The number of nitrogens with zero attached hydrogens (tertiary/aromatic N) is 1. The Hall–Kier alpha value is -3.85. The molecule has 35 heavy (non-hydrogen) atoms. The van der Waals surface area contributed by atoms with Crippen molar-refractivity contribution in [2.45, 2.75) is 31.3 Å². The summed E-state index contributed by atoms with van der Waals surface area (Å²) in [4.78, 5) is 24.5. The molecule has 0 radical (unpaired) electrons. The number of carbonyl (C=O) groups excluding carboxylic acids is 2. The van der Waals surface area contributed by atoms with E-state index < -0.39 is 27.9 Å². The third kappa shape index (κ3) is 6.39. The van der Waals surface area contributed by atoms with Gasteiger partial charge in [-0.15, -0.1) is 0 Å². The van der Waals surface area contributed by atoms with Gasteiger partial charge in [0.1, 0.15) is 11.8 Å². The molecule has 0 fully saturated rings. The monoisotopic (exact) mass is 496 g/mol. The van der Waals surface area contributed by atoms with E-state index in [1.165, 1.54) is 42.6 Å². The Bertz CT molecular complexity index is 1260. The van der Waals surface area contributed by atoms with Crippen LogP contribution < -0.4 is 14.4 Å². The minimum absolute atomic E-state index is 0.0549. The fourth-order valence-electron chi connectivity index (χ4n) is 3.34. The summed E-state index contributed by atoms with van der Waals surface area (Å²) in [6, 6.07) is 20.7. The lowest BCUT2D eigenvalue weighted by molar-refractivity contribution is -0.144. The zero-order valence-electron chi connectivity index (χ0n) is 19.8. The summed E-state index contributed by atoms with van der Waals surface area (Å²) < 4.78 is 38.9. The molecule has 184 valence electrons. The van der Waals surface area contributed by atoms with Gasteiger partial charge in [0.05, 0.1) is 30.8 Å². The smallest absolute Gasteiger partial charge is 0.328 e. The molecule has 1 N–H and O–H groups in total. The number of ether oxygens (including phenoxy) is 2. The van der Waals surface area contributed by atoms with Gasteiger partial charge in [0.2, 0.25) is 0 Å². The molecule has 3 aromatic carbocycles. The van der Waals surface area contributed by atoms with Gasteiger partial charge >= 0.3 is 5.97 Å². The second kappa shape index (κ2) is 11.5. The van der Waals surface area contributed by atoms with Crippen molar-refractivity contribution in [2.75, 3.05) is 18.0 Å². The predicted molar refractivity (Wildman–Crippen MR) is 133 cm³/mol. The summed E-state index contributed by atoms with van der Waals surface area (Å²) in [7, 11) is -2.53. The van der Waals surface area contributed by atoms with Crippen molar-refractivity contribution in [3.05, 3.63) is 90.0 Å². The second-order valence-electron chi connectivity index (χ2n) is 7.67. The molecular formula is C26H28N2O6S. The number of rotatable bonds is 10. The fourth-order valence-corrected chi connectivity index (χ4v) is 4.84. The van der Waals surface area contributed by atoms with Crippen molar-refractivity contribution in [1.29, 1.82) is 0 Å². The van der Waals surface area contributed by atoms with Gasteiger partial charge in [-0.05, 0) is 61.9 Å². The molecule has 0 aliphatic heterocycles. The largest absolute Gasteiger partial charge is 0.497 e. The van der Waals surface area contributed by atoms with E-state index in [1.807, 2.05) is 30.3 Å². The number of methoxy groups -OCH3 is 1. The van der Waals surface area contributed by atoms with Crippen LogP contribution >= 0.6 is 0 Å². The topological polar surface area (TPSA) is 102 Å². The van der Waals surface area contributed by atoms with E-state index in [2.05, 4.69) is 5.32 Å². The minimum Gasteiger partial charge on any atom is -0.497 e. The van der Waals surface area contributed by atoms with Gasteiger partial charge in [0.15, 0.2) is 0 Å². The number of nitrogens with one attached hydrogen (secondary N) is 1. The van der Waals surface area contributed by atoms with Crippen LogP contribution in [0.25, 0.3) is 0 Å². The van der Waals surface area contributed by atoms with Crippen LogP contribution in [0.2, 0.25) is 0 Å². The van der Waals surface area contributed by atoms with Crippen molar-refractivity contribution in [1.82, 2.24) is 5.32 Å². The molecule has 1 amide bonds. The summed E-state index contributed by atoms with van der Waals surface area (Å²) in [6.45, 7) is 3.45. The van der Waals surface area contributed by atoms with Crippen molar-refractivity contribution >= 4 is 27.6 Å². The normalized spacial score (nSPS) is 11.9. The molecule has 0 aromatic heterocycles. The Balaban J connectivity index is 1.95. The Kier molecular flexibility index (Phi) is 8.48. The number of benzene rings is 3. The molecule has 0 aliphatic rings. The zero-order valence-corrected chi connectivity index (χ0v) is 20.6. The lowest BCUT2D eigenvalue weighted by Crippen LogP contribution is -2.39. The Labute approximate surface area is 205 Å². The molecule has 1 atom stereocenters. The van der Waals surface area contributed by atoms with Gasteiger partial charge < -0.3 is 14.8 Å². The molecule has 0 aliphatic carbocycles. The number of carbonyl (C=O) groups is 2. The molecule has 0 bridgehead atoms. The molecule has 8 nitrogen and oxygen atoms in total. The molecular weight excluding hydrogens is 468 g/mol. The molecule has 0 saturated heterocycles. The molecule has 3 rings (SSSR count). The predicted octanol–water partition coefficient (Wildman–Crippen LogP) is 3.77. The zero-order chi connectivity index (χ0) is 25.4. The third-order valence-electron chi connectivity index (χ3n) is 5.20. The van der Waals surface area contributed by atoms with Crippen molar-refractivity contribution in [3.63, 3.8) is 0 Å². The van der Waals surface area contributed by atoms with Crippen LogP contribution in [-0.2, 0) is 26.1 Å². The van der Waals surface area contributed by atoms with Crippen LogP contribution in [0, 0.1) is 0 Å². The third-order valence-corrected chi connectivity index (χ3v) is 6.97. The standard InChI is InChI=1S/C26H28N2O6S/c1-4-34-26(30)19(2)27-25(29)21-11-8-12-24(17-21)35(31,32)28(18-20-9-6-5-7-10-20)22-13-15-23(33-3)16-14-22/h5-17,19H,4,18H2,1-3H3,(H,27,29). The average Bonchev–Trinajstić information content (AvgIpc) is 2.88. The summed E-state index contributed by atoms with van der Waals surface area (Å²) in [6.07, 6.45) is 0. The molecule has 9 heteroatoms. The van der Waals surface area contributed by atoms with Gasteiger partial charge in [0, 0.05) is 5.56 Å². The van der Waals surface area contributed by atoms with E-state index in [0.717, 1.165) is 5.56 Å². The molecule has 3 aromatic rings. The summed E-state index contributed by atoms with van der Waals surface area (Å²) in [5, 5.41) is 2.54. The van der Waals surface area contributed by atoms with Crippen LogP contribution in [0.15, 0.2) is 83.8 Å². The van der Waals surface area contributed by atoms with E-state index in [4.69, 9.17) is 9.47 Å². The van der Waals surface area contributed by atoms with Crippen LogP contribution in [0.4, 0.5) is 5.69 Å². The molecule has 0 saturated carbocycles. The maximum absolute atomic E-state index is 13.8. The fraction of sp³-hybridized carbons (Fsp3) is 0.231. The van der Waals surface area contributed by atoms with Gasteiger partial charge in [-0.1, -0.05) is 36.4 Å². The Morgan fingerprint density at radius 2 is 1.66 bits per heavy atom. The van der Waals surface area contributed by atoms with E-state index in [-0.39, 0.29) is 23.6 Å². The van der Waals surface area contributed by atoms with E-state index in [9.17, 15) is 18.0 Å². The van der Waals surface area contributed by atoms with Gasteiger partial charge in [-0.25, -0.2) is 13.2 Å². The van der Waals surface area contributed by atoms with Crippen molar-refractivity contribution in [3.8, 4) is 5.75 Å². The lowest BCUT2D eigenvalue weighted by atomic mass is 10.2. The maximum atomic E-state index is 13.8. The van der Waals surface area contributed by atoms with Crippen LogP contribution in [0.5, 0.6) is 5.75 Å². The second-order valence-corrected chi connectivity index (χ2v) is 9.53. The van der Waals surface area contributed by atoms with Gasteiger partial charge in [0.25, 0.3) is 15.9 Å². The van der Waals surface area contributed by atoms with E-state index >= 15 is 0 Å². The highest BCUT2D eigenvalue weighted by molar-refractivity contribution is 7.92. The minimum atomic E-state index is -4.06. The number of sulfonamides is 1. The van der Waals surface area contributed by atoms with Crippen LogP contribution in [0.3, 0.4) is 0 Å². The Morgan fingerprint density at radius 3 is 2.29 bits per heavy atom. The highest BCUT2D eigenvalue weighted by Crippen LogP contribution is 2.28. The van der Waals surface area contributed by atoms with Crippen LogP contribution in [-0.4, -0.2) is 40.1 Å². The highest BCUT2D eigenvalue weighted by atomic mass is 32.2.